The van der Waals surface area contributed by atoms with Gasteiger partial charge in [-0.1, -0.05) is 25.1 Å². The Morgan fingerprint density at radius 1 is 1.11 bits per heavy atom. The maximum absolute atomic E-state index is 11.7. The third kappa shape index (κ3) is 4.58. The zero-order chi connectivity index (χ0) is 25.2. The van der Waals surface area contributed by atoms with Crippen molar-refractivity contribution in [1.29, 1.82) is 0 Å². The Kier molecular flexibility index (Phi) is 6.49. The monoisotopic (exact) mass is 488 g/mol. The van der Waals surface area contributed by atoms with Gasteiger partial charge in [0.15, 0.2) is 0 Å². The highest BCUT2D eigenvalue weighted by Crippen LogP contribution is 2.35. The molecule has 0 spiro atoms. The van der Waals surface area contributed by atoms with Crippen molar-refractivity contribution in [3.8, 4) is 11.6 Å². The van der Waals surface area contributed by atoms with E-state index in [9.17, 15) is 9.90 Å². The minimum Gasteiger partial charge on any atom is -0.493 e. The van der Waals surface area contributed by atoms with Crippen molar-refractivity contribution < 1.29 is 9.90 Å². The first kappa shape index (κ1) is 23.7. The molecular formula is C26H32N8O2. The molecule has 188 valence electrons. The van der Waals surface area contributed by atoms with E-state index in [0.29, 0.717) is 50.0 Å². The van der Waals surface area contributed by atoms with Crippen LogP contribution in [0.15, 0.2) is 48.9 Å². The van der Waals surface area contributed by atoms with Gasteiger partial charge in [-0.3, -0.25) is 4.79 Å². The van der Waals surface area contributed by atoms with Gasteiger partial charge in [-0.05, 0) is 25.5 Å². The number of hydrogen-bond donors (Lipinski definition) is 2. The van der Waals surface area contributed by atoms with Gasteiger partial charge in [0.05, 0.1) is 17.3 Å². The van der Waals surface area contributed by atoms with Gasteiger partial charge >= 0.3 is 0 Å². The van der Waals surface area contributed by atoms with E-state index in [0.717, 1.165) is 23.1 Å². The number of para-hydroxylation sites is 1. The van der Waals surface area contributed by atoms with Gasteiger partial charge in [-0.2, -0.15) is 10.1 Å². The number of piperazine rings is 1. The molecule has 1 aliphatic heterocycles. The topological polar surface area (TPSA) is 104 Å². The maximum atomic E-state index is 11.7. The van der Waals surface area contributed by atoms with Crippen molar-refractivity contribution in [2.75, 3.05) is 36.4 Å². The van der Waals surface area contributed by atoms with E-state index in [1.54, 1.807) is 6.92 Å². The number of hydrogen-bond acceptors (Lipinski definition) is 7. The molecule has 1 aromatic carbocycles. The summed E-state index contributed by atoms with van der Waals surface area (Å²) < 4.78 is 3.70. The molecule has 1 amide bonds. The number of rotatable bonds is 7. The van der Waals surface area contributed by atoms with Crippen molar-refractivity contribution in [2.45, 2.75) is 39.8 Å². The fourth-order valence-electron chi connectivity index (χ4n) is 4.46. The molecule has 0 aliphatic carbocycles. The van der Waals surface area contributed by atoms with Crippen LogP contribution >= 0.6 is 0 Å². The average molecular weight is 489 g/mol. The van der Waals surface area contributed by atoms with E-state index >= 15 is 0 Å². The molecule has 1 atom stereocenters. The van der Waals surface area contributed by atoms with Gasteiger partial charge in [0.25, 0.3) is 0 Å². The zero-order valence-electron chi connectivity index (χ0n) is 20.9. The Morgan fingerprint density at radius 2 is 1.86 bits per heavy atom. The Labute approximate surface area is 210 Å². The number of benzene rings is 1. The first-order valence-electron chi connectivity index (χ1n) is 12.4. The summed E-state index contributed by atoms with van der Waals surface area (Å²) in [6, 6.07) is 10.1. The van der Waals surface area contributed by atoms with Gasteiger partial charge in [-0.15, -0.1) is 0 Å². The van der Waals surface area contributed by atoms with Crippen molar-refractivity contribution >= 4 is 28.6 Å². The highest BCUT2D eigenvalue weighted by Gasteiger charge is 2.24. The number of anilines is 2. The number of aromatic nitrogens is 5. The molecule has 1 fully saturated rings. The molecule has 4 aromatic rings. The minimum absolute atomic E-state index is 0.0766. The normalized spacial score (nSPS) is 14.9. The molecule has 1 saturated heterocycles. The summed E-state index contributed by atoms with van der Waals surface area (Å²) in [6.07, 6.45) is 6.63. The Balaban J connectivity index is 1.45. The molecule has 3 aromatic heterocycles. The lowest BCUT2D eigenvalue weighted by molar-refractivity contribution is -0.129. The number of carbonyl (C=O) groups excluding carboxylic acids is 1. The van der Waals surface area contributed by atoms with E-state index in [2.05, 4.69) is 29.2 Å². The Bertz CT molecular complexity index is 1360. The molecule has 36 heavy (non-hydrogen) atoms. The summed E-state index contributed by atoms with van der Waals surface area (Å²) >= 11 is 0. The second-order valence-corrected chi connectivity index (χ2v) is 9.23. The van der Waals surface area contributed by atoms with Crippen LogP contribution in [0.1, 0.15) is 38.8 Å². The number of aromatic hydroxyl groups is 1. The first-order valence-corrected chi connectivity index (χ1v) is 12.4. The molecule has 1 aliphatic rings. The molecule has 0 radical (unpaired) electrons. The Morgan fingerprint density at radius 3 is 2.56 bits per heavy atom. The zero-order valence-corrected chi connectivity index (χ0v) is 20.9. The Hall–Kier alpha value is -4.08. The molecule has 0 saturated carbocycles. The molecule has 1 unspecified atom stereocenters. The van der Waals surface area contributed by atoms with Gasteiger partial charge in [0.2, 0.25) is 17.7 Å². The van der Waals surface area contributed by atoms with Crippen LogP contribution in [0.5, 0.6) is 5.88 Å². The van der Waals surface area contributed by atoms with E-state index < -0.39 is 0 Å². The number of carbonyl (C=O) groups is 1. The molecule has 10 nitrogen and oxygen atoms in total. The van der Waals surface area contributed by atoms with Crippen molar-refractivity contribution in [3.63, 3.8) is 0 Å². The lowest BCUT2D eigenvalue weighted by Gasteiger charge is -2.34. The number of amides is 1. The fourth-order valence-corrected chi connectivity index (χ4v) is 4.46. The second kappa shape index (κ2) is 9.88. The predicted octanol–water partition coefficient (Wildman–Crippen LogP) is 3.57. The second-order valence-electron chi connectivity index (χ2n) is 9.23. The van der Waals surface area contributed by atoms with E-state index in [-0.39, 0.29) is 17.8 Å². The maximum Gasteiger partial charge on any atom is 0.228 e. The summed E-state index contributed by atoms with van der Waals surface area (Å²) in [5.41, 5.74) is 2.53. The van der Waals surface area contributed by atoms with Crippen LogP contribution in [0.3, 0.4) is 0 Å². The fraction of sp³-hybridized carbons (Fsp3) is 0.385. The van der Waals surface area contributed by atoms with Crippen LogP contribution in [0.25, 0.3) is 16.6 Å². The smallest absolute Gasteiger partial charge is 0.228 e. The third-order valence-corrected chi connectivity index (χ3v) is 6.85. The van der Waals surface area contributed by atoms with Crippen molar-refractivity contribution in [1.82, 2.24) is 29.2 Å². The highest BCUT2D eigenvalue weighted by atomic mass is 16.3. The summed E-state index contributed by atoms with van der Waals surface area (Å²) in [4.78, 5) is 25.3. The predicted molar refractivity (Wildman–Crippen MR) is 140 cm³/mol. The lowest BCUT2D eigenvalue weighted by atomic mass is 10.2. The molecular weight excluding hydrogens is 456 g/mol. The van der Waals surface area contributed by atoms with Crippen LogP contribution in [0, 0.1) is 0 Å². The van der Waals surface area contributed by atoms with Crippen molar-refractivity contribution in [2.24, 2.45) is 0 Å². The van der Waals surface area contributed by atoms with Crippen LogP contribution < -0.4 is 10.2 Å². The minimum atomic E-state index is 0.0766. The molecule has 5 rings (SSSR count). The highest BCUT2D eigenvalue weighted by molar-refractivity contribution is 5.94. The third-order valence-electron chi connectivity index (χ3n) is 6.85. The van der Waals surface area contributed by atoms with Crippen LogP contribution in [0.4, 0.5) is 11.8 Å². The first-order chi connectivity index (χ1) is 17.4. The van der Waals surface area contributed by atoms with Crippen LogP contribution in [-0.4, -0.2) is 66.4 Å². The van der Waals surface area contributed by atoms with Crippen LogP contribution in [0.2, 0.25) is 0 Å². The van der Waals surface area contributed by atoms with Crippen LogP contribution in [-0.2, 0) is 11.3 Å². The van der Waals surface area contributed by atoms with Gasteiger partial charge in [-0.25, -0.2) is 9.67 Å². The summed E-state index contributed by atoms with van der Waals surface area (Å²) in [7, 11) is 0. The van der Waals surface area contributed by atoms with E-state index in [1.165, 1.54) is 0 Å². The van der Waals surface area contributed by atoms with Crippen molar-refractivity contribution in [3.05, 3.63) is 54.5 Å². The molecule has 2 N–H and O–H groups in total. The number of nitrogens with one attached hydrogen (secondary N) is 1. The summed E-state index contributed by atoms with van der Waals surface area (Å²) in [5, 5.41) is 19.7. The lowest BCUT2D eigenvalue weighted by Crippen LogP contribution is -2.48. The van der Waals surface area contributed by atoms with Gasteiger partial charge < -0.3 is 24.8 Å². The molecule has 10 heteroatoms. The van der Waals surface area contributed by atoms with E-state index in [1.807, 2.05) is 63.1 Å². The summed E-state index contributed by atoms with van der Waals surface area (Å²) in [6.45, 7) is 8.79. The largest absolute Gasteiger partial charge is 0.493 e. The quantitative estimate of drug-likeness (QED) is 0.410. The standard InChI is InChI=1S/C26H32N8O2/c1-4-18(2)33-17-22-23(25(33)36)29-26(32-12-10-31(11-13-32)19(3)35)30-24(22)27-14-20-15-28-34(16-20)21-8-6-5-7-9-21/h5-9,15-18,36H,4,10-14H2,1-3H3,(H,27,29,30). The van der Waals surface area contributed by atoms with Gasteiger partial charge in [0.1, 0.15) is 11.3 Å². The molecule has 4 heterocycles. The molecule has 0 bridgehead atoms. The van der Waals surface area contributed by atoms with Gasteiger partial charge in [0, 0.05) is 63.6 Å². The SMILES string of the molecule is CCC(C)n1cc2c(NCc3cnn(-c4ccccc4)c3)nc(N3CCN(C(C)=O)CC3)nc2c1O. The average Bonchev–Trinajstić information content (AvgIpc) is 3.52. The van der Waals surface area contributed by atoms with E-state index in [4.69, 9.17) is 9.97 Å². The summed E-state index contributed by atoms with van der Waals surface area (Å²) in [5.74, 6) is 1.43. The number of fused-ring (bicyclic) bond motifs is 1. The number of nitrogens with zero attached hydrogens (tertiary/aromatic N) is 7.